The molecule has 0 aliphatic heterocycles. The molecule has 0 spiro atoms. The molecule has 0 aromatic carbocycles. The van der Waals surface area contributed by atoms with Gasteiger partial charge in [-0.25, -0.2) is 15.4 Å². The number of hydrazine groups is 1. The molecule has 2 heterocycles. The Morgan fingerprint density at radius 2 is 2.18 bits per heavy atom. The Morgan fingerprint density at radius 3 is 2.82 bits per heavy atom. The summed E-state index contributed by atoms with van der Waals surface area (Å²) in [4.78, 5) is 8.01. The number of hydrogen-bond acceptors (Lipinski definition) is 5. The normalized spacial score (nSPS) is 12.6. The Hall–Kier alpha value is -1.79. The van der Waals surface area contributed by atoms with E-state index in [-0.39, 0.29) is 6.04 Å². The van der Waals surface area contributed by atoms with Crippen molar-refractivity contribution in [1.82, 2.24) is 25.2 Å². The molecule has 2 aromatic rings. The summed E-state index contributed by atoms with van der Waals surface area (Å²) in [6.45, 7) is 2.98. The Bertz CT molecular complexity index is 452. The van der Waals surface area contributed by atoms with Crippen LogP contribution in [0.15, 0.2) is 31.0 Å². The molecule has 6 nitrogen and oxygen atoms in total. The van der Waals surface area contributed by atoms with E-state index in [2.05, 4.69) is 27.4 Å². The van der Waals surface area contributed by atoms with Gasteiger partial charge in [0, 0.05) is 30.7 Å². The van der Waals surface area contributed by atoms with Crippen LogP contribution in [0.1, 0.15) is 30.6 Å². The lowest BCUT2D eigenvalue weighted by molar-refractivity contribution is 0.519. The zero-order chi connectivity index (χ0) is 12.1. The average Bonchev–Trinajstić information content (AvgIpc) is 2.81. The van der Waals surface area contributed by atoms with Crippen LogP contribution in [0.4, 0.5) is 0 Å². The van der Waals surface area contributed by atoms with Gasteiger partial charge in [-0.05, 0) is 12.5 Å². The van der Waals surface area contributed by atoms with E-state index in [1.807, 2.05) is 10.7 Å². The minimum atomic E-state index is -0.134. The van der Waals surface area contributed by atoms with E-state index in [1.54, 1.807) is 18.6 Å². The lowest BCUT2D eigenvalue weighted by atomic mass is 10.1. The van der Waals surface area contributed by atoms with E-state index in [0.29, 0.717) is 0 Å². The number of nitrogens with zero attached hydrogens (tertiary/aromatic N) is 4. The summed E-state index contributed by atoms with van der Waals surface area (Å²) in [6, 6.07) is 1.82. The SMILES string of the molecule is CCCn1nccc1C(NN)c1cncnc1. The van der Waals surface area contributed by atoms with Crippen LogP contribution >= 0.6 is 0 Å². The largest absolute Gasteiger partial charge is 0.271 e. The number of aromatic nitrogens is 4. The molecule has 0 saturated heterocycles. The summed E-state index contributed by atoms with van der Waals surface area (Å²) < 4.78 is 1.94. The maximum atomic E-state index is 5.61. The molecule has 6 heteroatoms. The second kappa shape index (κ2) is 5.51. The molecular formula is C11H16N6. The second-order valence-electron chi connectivity index (χ2n) is 3.75. The van der Waals surface area contributed by atoms with Gasteiger partial charge in [0.05, 0.1) is 11.7 Å². The van der Waals surface area contributed by atoms with Crippen LogP contribution in [0.5, 0.6) is 0 Å². The first-order valence-electron chi connectivity index (χ1n) is 5.59. The fourth-order valence-corrected chi connectivity index (χ4v) is 1.80. The van der Waals surface area contributed by atoms with Gasteiger partial charge in [0.1, 0.15) is 6.33 Å². The van der Waals surface area contributed by atoms with E-state index in [4.69, 9.17) is 5.84 Å². The third-order valence-corrected chi connectivity index (χ3v) is 2.56. The third kappa shape index (κ3) is 2.48. The van der Waals surface area contributed by atoms with Crippen molar-refractivity contribution in [2.75, 3.05) is 0 Å². The van der Waals surface area contributed by atoms with E-state index in [1.165, 1.54) is 6.33 Å². The molecule has 0 bridgehead atoms. The molecule has 90 valence electrons. The first-order valence-corrected chi connectivity index (χ1v) is 5.59. The fraction of sp³-hybridized carbons (Fsp3) is 0.364. The Morgan fingerprint density at radius 1 is 1.41 bits per heavy atom. The van der Waals surface area contributed by atoms with E-state index >= 15 is 0 Å². The van der Waals surface area contributed by atoms with Crippen LogP contribution in [0.3, 0.4) is 0 Å². The summed E-state index contributed by atoms with van der Waals surface area (Å²) in [6.07, 6.45) is 7.80. The third-order valence-electron chi connectivity index (χ3n) is 2.56. The van der Waals surface area contributed by atoms with Crippen molar-refractivity contribution in [3.05, 3.63) is 42.2 Å². The first-order chi connectivity index (χ1) is 8.36. The zero-order valence-electron chi connectivity index (χ0n) is 9.74. The van der Waals surface area contributed by atoms with Crippen molar-refractivity contribution in [3.63, 3.8) is 0 Å². The van der Waals surface area contributed by atoms with Gasteiger partial charge in [-0.15, -0.1) is 0 Å². The minimum absolute atomic E-state index is 0.134. The van der Waals surface area contributed by atoms with E-state index in [9.17, 15) is 0 Å². The molecule has 3 N–H and O–H groups in total. The highest BCUT2D eigenvalue weighted by Crippen LogP contribution is 2.19. The molecule has 1 atom stereocenters. The molecule has 0 radical (unpaired) electrons. The molecule has 0 aliphatic carbocycles. The first kappa shape index (κ1) is 11.7. The average molecular weight is 232 g/mol. The summed E-state index contributed by atoms with van der Waals surface area (Å²) in [5.41, 5.74) is 4.72. The lowest BCUT2D eigenvalue weighted by Crippen LogP contribution is -2.31. The number of rotatable bonds is 5. The fourth-order valence-electron chi connectivity index (χ4n) is 1.80. The van der Waals surface area contributed by atoms with Crippen LogP contribution in [-0.4, -0.2) is 19.7 Å². The molecule has 0 aliphatic rings. The predicted octanol–water partition coefficient (Wildman–Crippen LogP) is 0.636. The van der Waals surface area contributed by atoms with Gasteiger partial charge in [-0.2, -0.15) is 5.10 Å². The Labute approximate surface area is 99.9 Å². The van der Waals surface area contributed by atoms with Gasteiger partial charge >= 0.3 is 0 Å². The van der Waals surface area contributed by atoms with Crippen LogP contribution < -0.4 is 11.3 Å². The van der Waals surface area contributed by atoms with Crippen molar-refractivity contribution in [3.8, 4) is 0 Å². The number of aryl methyl sites for hydroxylation is 1. The second-order valence-corrected chi connectivity index (χ2v) is 3.75. The number of hydrogen-bond donors (Lipinski definition) is 2. The molecule has 0 saturated carbocycles. The van der Waals surface area contributed by atoms with Crippen LogP contribution in [-0.2, 0) is 6.54 Å². The van der Waals surface area contributed by atoms with Gasteiger partial charge in [-0.3, -0.25) is 10.5 Å². The van der Waals surface area contributed by atoms with Gasteiger partial charge in [-0.1, -0.05) is 6.92 Å². The van der Waals surface area contributed by atoms with Gasteiger partial charge in [0.15, 0.2) is 0 Å². The van der Waals surface area contributed by atoms with Crippen molar-refractivity contribution in [2.45, 2.75) is 25.9 Å². The predicted molar refractivity (Wildman–Crippen MR) is 63.7 cm³/mol. The van der Waals surface area contributed by atoms with Gasteiger partial charge in [0.25, 0.3) is 0 Å². The molecule has 0 fully saturated rings. The molecule has 17 heavy (non-hydrogen) atoms. The summed E-state index contributed by atoms with van der Waals surface area (Å²) in [5.74, 6) is 5.61. The number of nitrogens with one attached hydrogen (secondary N) is 1. The highest BCUT2D eigenvalue weighted by Gasteiger charge is 2.16. The summed E-state index contributed by atoms with van der Waals surface area (Å²) >= 11 is 0. The molecule has 2 rings (SSSR count). The van der Waals surface area contributed by atoms with Crippen molar-refractivity contribution in [2.24, 2.45) is 5.84 Å². The quantitative estimate of drug-likeness (QED) is 0.584. The highest BCUT2D eigenvalue weighted by atomic mass is 15.3. The maximum Gasteiger partial charge on any atom is 0.115 e. The molecule has 1 unspecified atom stereocenters. The lowest BCUT2D eigenvalue weighted by Gasteiger charge is -2.17. The zero-order valence-corrected chi connectivity index (χ0v) is 9.74. The maximum absolute atomic E-state index is 5.61. The summed E-state index contributed by atoms with van der Waals surface area (Å²) in [7, 11) is 0. The van der Waals surface area contributed by atoms with Gasteiger partial charge < -0.3 is 0 Å². The van der Waals surface area contributed by atoms with Crippen molar-refractivity contribution < 1.29 is 0 Å². The smallest absolute Gasteiger partial charge is 0.115 e. The highest BCUT2D eigenvalue weighted by molar-refractivity contribution is 5.22. The summed E-state index contributed by atoms with van der Waals surface area (Å²) in [5, 5.41) is 4.28. The van der Waals surface area contributed by atoms with E-state index < -0.39 is 0 Å². The standard InChI is InChI=1S/C11H16N6/c1-2-5-17-10(3-4-15-17)11(16-12)9-6-13-8-14-7-9/h3-4,6-8,11,16H,2,5,12H2,1H3. The van der Waals surface area contributed by atoms with Gasteiger partial charge in [0.2, 0.25) is 0 Å². The monoisotopic (exact) mass is 232 g/mol. The van der Waals surface area contributed by atoms with Crippen molar-refractivity contribution in [1.29, 1.82) is 0 Å². The Kier molecular flexibility index (Phi) is 3.79. The van der Waals surface area contributed by atoms with Crippen LogP contribution in [0, 0.1) is 0 Å². The molecular weight excluding hydrogens is 216 g/mol. The molecule has 0 amide bonds. The molecule has 2 aromatic heterocycles. The Balaban J connectivity index is 2.32. The van der Waals surface area contributed by atoms with Crippen LogP contribution in [0.2, 0.25) is 0 Å². The van der Waals surface area contributed by atoms with E-state index in [0.717, 1.165) is 24.2 Å². The number of nitrogens with two attached hydrogens (primary N) is 1. The minimum Gasteiger partial charge on any atom is -0.271 e. The topological polar surface area (TPSA) is 81.7 Å². The van der Waals surface area contributed by atoms with Crippen molar-refractivity contribution >= 4 is 0 Å². The van der Waals surface area contributed by atoms with Crippen LogP contribution in [0.25, 0.3) is 0 Å².